The molecule has 0 heterocycles. The zero-order valence-electron chi connectivity index (χ0n) is 10.9. The summed E-state index contributed by atoms with van der Waals surface area (Å²) >= 11 is 0. The molecule has 98 valence electrons. The predicted molar refractivity (Wildman–Crippen MR) is 74.6 cm³/mol. The van der Waals surface area contributed by atoms with Crippen LogP contribution in [-0.2, 0) is 16.7 Å². The lowest BCUT2D eigenvalue weighted by molar-refractivity contribution is 0.568. The molecule has 0 aliphatic heterocycles. The molecule has 3 nitrogen and oxygen atoms in total. The highest BCUT2D eigenvalue weighted by molar-refractivity contribution is 7.73. The Balaban J connectivity index is 2.50. The van der Waals surface area contributed by atoms with Gasteiger partial charge in [-0.3, -0.25) is 0 Å². The van der Waals surface area contributed by atoms with E-state index in [9.17, 15) is 8.42 Å². The highest BCUT2D eigenvalue weighted by atomic mass is 32.2. The van der Waals surface area contributed by atoms with E-state index in [0.29, 0.717) is 4.86 Å². The summed E-state index contributed by atoms with van der Waals surface area (Å²) < 4.78 is 23.1. The van der Waals surface area contributed by atoms with Crippen molar-refractivity contribution in [1.82, 2.24) is 5.32 Å². The minimum absolute atomic E-state index is 0.0307. The van der Waals surface area contributed by atoms with Crippen LogP contribution in [0.25, 0.3) is 0 Å². The molecule has 18 heavy (non-hydrogen) atoms. The SMILES string of the molecule is CCCNC1CCc2cccc(C)c2C1=S(=O)=O. The van der Waals surface area contributed by atoms with Crippen LogP contribution >= 0.6 is 0 Å². The van der Waals surface area contributed by atoms with Gasteiger partial charge in [-0.1, -0.05) is 25.1 Å². The normalized spacial score (nSPS) is 18.6. The molecule has 1 aliphatic rings. The first-order chi connectivity index (χ1) is 8.65. The van der Waals surface area contributed by atoms with Crippen molar-refractivity contribution >= 4 is 15.2 Å². The van der Waals surface area contributed by atoms with Gasteiger partial charge in [-0.15, -0.1) is 0 Å². The van der Waals surface area contributed by atoms with E-state index in [1.54, 1.807) is 0 Å². The van der Waals surface area contributed by atoms with Gasteiger partial charge in [0.1, 0.15) is 0 Å². The molecule has 1 aromatic rings. The van der Waals surface area contributed by atoms with Crippen LogP contribution in [0.1, 0.15) is 36.5 Å². The van der Waals surface area contributed by atoms with E-state index in [1.807, 2.05) is 25.1 Å². The summed E-state index contributed by atoms with van der Waals surface area (Å²) in [7, 11) is -2.15. The molecule has 2 rings (SSSR count). The first-order valence-corrected chi connectivity index (χ1v) is 7.51. The molecule has 0 amide bonds. The molecule has 1 aliphatic carbocycles. The number of hydrogen-bond acceptors (Lipinski definition) is 3. The lowest BCUT2D eigenvalue weighted by atomic mass is 9.85. The Bertz CT molecular complexity index is 567. The Labute approximate surface area is 110 Å². The van der Waals surface area contributed by atoms with Gasteiger partial charge in [0.05, 0.1) is 4.86 Å². The number of fused-ring (bicyclic) bond motifs is 1. The van der Waals surface area contributed by atoms with Crippen LogP contribution in [0.2, 0.25) is 0 Å². The first kappa shape index (κ1) is 13.3. The molecule has 1 N–H and O–H groups in total. The van der Waals surface area contributed by atoms with Crippen LogP contribution in [0.4, 0.5) is 0 Å². The van der Waals surface area contributed by atoms with Crippen LogP contribution in [0.5, 0.6) is 0 Å². The van der Waals surface area contributed by atoms with E-state index in [0.717, 1.165) is 42.5 Å². The van der Waals surface area contributed by atoms with E-state index in [-0.39, 0.29) is 6.04 Å². The number of hydrogen-bond donors (Lipinski definition) is 1. The summed E-state index contributed by atoms with van der Waals surface area (Å²) in [6.45, 7) is 4.92. The van der Waals surface area contributed by atoms with Crippen molar-refractivity contribution in [3.8, 4) is 0 Å². The molecular formula is C14H19NO2S. The fourth-order valence-electron chi connectivity index (χ4n) is 2.61. The zero-order chi connectivity index (χ0) is 13.1. The Morgan fingerprint density at radius 2 is 2.17 bits per heavy atom. The number of rotatable bonds is 3. The Morgan fingerprint density at radius 3 is 2.83 bits per heavy atom. The molecule has 0 aromatic heterocycles. The fraction of sp³-hybridized carbons (Fsp3) is 0.500. The second-order valence-corrected chi connectivity index (χ2v) is 5.66. The predicted octanol–water partition coefficient (Wildman–Crippen LogP) is 1.71. The van der Waals surface area contributed by atoms with Crippen molar-refractivity contribution in [1.29, 1.82) is 0 Å². The smallest absolute Gasteiger partial charge is 0.219 e. The van der Waals surface area contributed by atoms with Crippen molar-refractivity contribution < 1.29 is 8.42 Å². The summed E-state index contributed by atoms with van der Waals surface area (Å²) in [6, 6.07) is 5.98. The number of nitrogens with one attached hydrogen (secondary N) is 1. The van der Waals surface area contributed by atoms with Crippen LogP contribution < -0.4 is 5.32 Å². The zero-order valence-corrected chi connectivity index (χ0v) is 11.7. The van der Waals surface area contributed by atoms with Gasteiger partial charge in [-0.05, 0) is 43.9 Å². The Kier molecular flexibility index (Phi) is 4.19. The molecule has 0 bridgehead atoms. The molecule has 0 saturated carbocycles. The topological polar surface area (TPSA) is 46.2 Å². The lowest BCUT2D eigenvalue weighted by Crippen LogP contribution is -2.42. The van der Waals surface area contributed by atoms with Gasteiger partial charge in [0.15, 0.2) is 0 Å². The standard InChI is InChI=1S/C14H19NO2S/c1-3-9-15-12-8-7-11-6-4-5-10(2)13(11)14(12)18(16)17/h4-6,12,15H,3,7-9H2,1-2H3. The minimum Gasteiger partial charge on any atom is -0.309 e. The third-order valence-electron chi connectivity index (χ3n) is 3.44. The van der Waals surface area contributed by atoms with Crippen molar-refractivity contribution in [2.75, 3.05) is 6.54 Å². The largest absolute Gasteiger partial charge is 0.309 e. The first-order valence-electron chi connectivity index (χ1n) is 6.43. The molecule has 0 saturated heterocycles. The van der Waals surface area contributed by atoms with Gasteiger partial charge >= 0.3 is 0 Å². The molecule has 1 atom stereocenters. The Morgan fingerprint density at radius 1 is 1.39 bits per heavy atom. The third-order valence-corrected chi connectivity index (χ3v) is 4.29. The quantitative estimate of drug-likeness (QED) is 0.846. The molecule has 0 radical (unpaired) electrons. The van der Waals surface area contributed by atoms with Gasteiger partial charge in [0.2, 0.25) is 10.3 Å². The van der Waals surface area contributed by atoms with Gasteiger partial charge in [-0.2, -0.15) is 8.42 Å². The lowest BCUT2D eigenvalue weighted by Gasteiger charge is -2.27. The average molecular weight is 265 g/mol. The second-order valence-electron chi connectivity index (χ2n) is 4.75. The molecular weight excluding hydrogens is 246 g/mol. The summed E-state index contributed by atoms with van der Waals surface area (Å²) in [4.78, 5) is 0.544. The maximum absolute atomic E-state index is 11.6. The monoisotopic (exact) mass is 265 g/mol. The van der Waals surface area contributed by atoms with Crippen LogP contribution in [0.15, 0.2) is 18.2 Å². The third kappa shape index (κ3) is 2.49. The van der Waals surface area contributed by atoms with Gasteiger partial charge in [-0.25, -0.2) is 0 Å². The van der Waals surface area contributed by atoms with E-state index in [4.69, 9.17) is 0 Å². The van der Waals surface area contributed by atoms with Gasteiger partial charge < -0.3 is 5.32 Å². The summed E-state index contributed by atoms with van der Waals surface area (Å²) in [6.07, 6.45) is 2.81. The molecule has 1 unspecified atom stereocenters. The maximum atomic E-state index is 11.6. The van der Waals surface area contributed by atoms with Crippen molar-refractivity contribution in [2.45, 2.75) is 39.2 Å². The highest BCUT2D eigenvalue weighted by Crippen LogP contribution is 2.24. The minimum atomic E-state index is -2.15. The van der Waals surface area contributed by atoms with Crippen molar-refractivity contribution in [3.05, 3.63) is 34.9 Å². The fourth-order valence-corrected chi connectivity index (χ4v) is 3.50. The van der Waals surface area contributed by atoms with Crippen LogP contribution in [0.3, 0.4) is 0 Å². The molecule has 0 fully saturated rings. The second kappa shape index (κ2) is 5.67. The molecule has 4 heteroatoms. The van der Waals surface area contributed by atoms with Crippen molar-refractivity contribution in [3.63, 3.8) is 0 Å². The van der Waals surface area contributed by atoms with Crippen LogP contribution in [-0.4, -0.2) is 25.9 Å². The summed E-state index contributed by atoms with van der Waals surface area (Å²) in [5.41, 5.74) is 3.14. The average Bonchev–Trinajstić information content (AvgIpc) is 2.36. The van der Waals surface area contributed by atoms with Gasteiger partial charge in [0, 0.05) is 11.6 Å². The van der Waals surface area contributed by atoms with E-state index in [1.165, 1.54) is 0 Å². The summed E-state index contributed by atoms with van der Waals surface area (Å²) in [5.74, 6) is 0. The molecule has 1 aromatic carbocycles. The maximum Gasteiger partial charge on any atom is 0.219 e. The van der Waals surface area contributed by atoms with Crippen LogP contribution in [0, 0.1) is 6.92 Å². The summed E-state index contributed by atoms with van der Waals surface area (Å²) in [5, 5.41) is 3.34. The van der Waals surface area contributed by atoms with Crippen molar-refractivity contribution in [2.24, 2.45) is 0 Å². The van der Waals surface area contributed by atoms with E-state index in [2.05, 4.69) is 12.2 Å². The number of benzene rings is 1. The van der Waals surface area contributed by atoms with E-state index < -0.39 is 10.3 Å². The number of aryl methyl sites for hydroxylation is 2. The highest BCUT2D eigenvalue weighted by Gasteiger charge is 2.27. The molecule has 0 spiro atoms. The van der Waals surface area contributed by atoms with Gasteiger partial charge in [0.25, 0.3) is 0 Å². The van der Waals surface area contributed by atoms with E-state index >= 15 is 0 Å². The Hall–Kier alpha value is -1.13.